The molecule has 8 heteroatoms. The maximum atomic E-state index is 11.0. The van der Waals surface area contributed by atoms with Gasteiger partial charge in [-0.15, -0.1) is 0 Å². The van der Waals surface area contributed by atoms with Gasteiger partial charge >= 0.3 is 29.6 Å². The molecule has 0 aliphatic rings. The Labute approximate surface area is 207 Å². The number of aliphatic carboxylic acids is 1. The maximum absolute atomic E-state index is 11.0. The number of rotatable bonds is 20. The molecule has 0 bridgehead atoms. The summed E-state index contributed by atoms with van der Waals surface area (Å²) in [7, 11) is -3.85. The van der Waals surface area contributed by atoms with Gasteiger partial charge in [0.25, 0.3) is 10.1 Å². The van der Waals surface area contributed by atoms with Crippen molar-refractivity contribution in [3.63, 3.8) is 0 Å². The quantitative estimate of drug-likeness (QED) is 0.205. The first-order chi connectivity index (χ1) is 13.9. The normalized spacial score (nSPS) is 10.8. The number of hydrogen-bond donors (Lipinski definition) is 0. The fourth-order valence-corrected chi connectivity index (χ4v) is 3.70. The van der Waals surface area contributed by atoms with Crippen molar-refractivity contribution in [3.05, 3.63) is 0 Å². The van der Waals surface area contributed by atoms with E-state index in [2.05, 4.69) is 11.3 Å². The van der Waals surface area contributed by atoms with Gasteiger partial charge in [0.2, 0.25) is 0 Å². The Hall–Kier alpha value is 0.310. The zero-order valence-corrected chi connectivity index (χ0v) is 22.6. The number of carboxylic acids is 1. The van der Waals surface area contributed by atoms with Gasteiger partial charge in [0, 0.05) is 5.97 Å². The third-order valence-corrected chi connectivity index (χ3v) is 5.81. The van der Waals surface area contributed by atoms with E-state index in [9.17, 15) is 22.8 Å². The molecule has 0 spiro atoms. The Morgan fingerprint density at radius 1 is 0.700 bits per heavy atom. The molecule has 0 aliphatic heterocycles. The summed E-state index contributed by atoms with van der Waals surface area (Å²) in [5.74, 6) is -1.14. The number of unbranched alkanes of at least 4 members (excludes halogenated alkanes) is 15. The standard InChI is InChI=1S/C18H36O2.C4H9FO3S.Na/c1-2-3-4-5-6-7-8-9-10-11-12-13-14-15-16-17-18(19)20;1-2-3-4-9(6,7)8-5;/h2-17H2,1H3,(H,19,20);2-4H2,1H3;/q;;+1/p-1. The van der Waals surface area contributed by atoms with Crippen LogP contribution in [0.3, 0.4) is 0 Å². The number of halogens is 1. The monoisotopic (exact) mass is 462 g/mol. The van der Waals surface area contributed by atoms with Crippen LogP contribution in [-0.2, 0) is 19.3 Å². The van der Waals surface area contributed by atoms with Crippen LogP contribution in [0.15, 0.2) is 0 Å². The molecule has 0 aromatic heterocycles. The van der Waals surface area contributed by atoms with Crippen molar-refractivity contribution in [2.75, 3.05) is 5.75 Å². The molecular weight excluding hydrogens is 418 g/mol. The molecule has 0 atom stereocenters. The molecule has 0 saturated heterocycles. The fourth-order valence-electron chi connectivity index (χ4n) is 2.99. The molecule has 30 heavy (non-hydrogen) atoms. The number of carboxylic acid groups (broad SMARTS) is 1. The van der Waals surface area contributed by atoms with Gasteiger partial charge in [-0.3, -0.25) is 0 Å². The van der Waals surface area contributed by atoms with E-state index in [0.29, 0.717) is 12.8 Å². The number of hydrogen-bond acceptors (Lipinski definition) is 5. The summed E-state index contributed by atoms with van der Waals surface area (Å²) >= 11 is 0. The molecule has 0 amide bonds. The second-order valence-electron chi connectivity index (χ2n) is 7.75. The Morgan fingerprint density at radius 3 is 1.33 bits per heavy atom. The van der Waals surface area contributed by atoms with Gasteiger partial charge < -0.3 is 9.90 Å². The van der Waals surface area contributed by atoms with E-state index in [1.807, 2.05) is 6.92 Å². The summed E-state index contributed by atoms with van der Waals surface area (Å²) < 4.78 is 34.0. The van der Waals surface area contributed by atoms with Crippen molar-refractivity contribution >= 4 is 16.1 Å². The molecule has 0 saturated carbocycles. The van der Waals surface area contributed by atoms with E-state index in [-0.39, 0.29) is 41.7 Å². The van der Waals surface area contributed by atoms with Crippen molar-refractivity contribution in [2.45, 2.75) is 129 Å². The maximum Gasteiger partial charge on any atom is 1.00 e. The minimum atomic E-state index is -3.85. The first-order valence-electron chi connectivity index (χ1n) is 11.6. The van der Waals surface area contributed by atoms with Crippen LogP contribution in [0.4, 0.5) is 4.53 Å². The molecule has 176 valence electrons. The number of carbonyl (C=O) groups is 1. The van der Waals surface area contributed by atoms with Gasteiger partial charge in [0.15, 0.2) is 0 Å². The minimum absolute atomic E-state index is 0. The summed E-state index contributed by atoms with van der Waals surface area (Å²) in [6.07, 6.45) is 21.0. The van der Waals surface area contributed by atoms with Crippen LogP contribution in [0.25, 0.3) is 0 Å². The Kier molecular flexibility index (Phi) is 31.8. The molecule has 0 aliphatic carbocycles. The predicted molar refractivity (Wildman–Crippen MR) is 115 cm³/mol. The molecule has 0 fully saturated rings. The molecule has 0 rings (SSSR count). The summed E-state index contributed by atoms with van der Waals surface area (Å²) in [5, 5.41) is 10.2. The van der Waals surface area contributed by atoms with Gasteiger partial charge in [-0.05, 0) is 23.8 Å². The van der Waals surface area contributed by atoms with E-state index in [1.54, 1.807) is 0 Å². The second kappa shape index (κ2) is 27.3. The average molecular weight is 463 g/mol. The van der Waals surface area contributed by atoms with E-state index in [4.69, 9.17) is 0 Å². The molecule has 0 heterocycles. The van der Waals surface area contributed by atoms with E-state index < -0.39 is 16.1 Å². The van der Waals surface area contributed by atoms with Gasteiger partial charge in [0.05, 0.1) is 5.75 Å². The van der Waals surface area contributed by atoms with Gasteiger partial charge in [0.1, 0.15) is 0 Å². The van der Waals surface area contributed by atoms with Crippen LogP contribution < -0.4 is 34.7 Å². The first kappa shape index (κ1) is 34.9. The molecule has 0 aromatic carbocycles. The molecule has 0 radical (unpaired) electrons. The molecule has 0 unspecified atom stereocenters. The zero-order chi connectivity index (χ0) is 22.2. The van der Waals surface area contributed by atoms with Crippen molar-refractivity contribution in [1.29, 1.82) is 0 Å². The predicted octanol–water partition coefficient (Wildman–Crippen LogP) is 3.02. The second-order valence-corrected chi connectivity index (χ2v) is 9.40. The Bertz CT molecular complexity index is 447. The van der Waals surface area contributed by atoms with Gasteiger partial charge in [-0.1, -0.05) is 115 Å². The van der Waals surface area contributed by atoms with E-state index in [1.165, 1.54) is 83.5 Å². The first-order valence-corrected chi connectivity index (χ1v) is 13.2. The van der Waals surface area contributed by atoms with Gasteiger partial charge in [-0.2, -0.15) is 8.42 Å². The van der Waals surface area contributed by atoms with Crippen molar-refractivity contribution < 1.29 is 56.8 Å². The zero-order valence-electron chi connectivity index (χ0n) is 19.8. The summed E-state index contributed by atoms with van der Waals surface area (Å²) in [6.45, 7) is 4.08. The molecule has 5 nitrogen and oxygen atoms in total. The van der Waals surface area contributed by atoms with E-state index >= 15 is 0 Å². The summed E-state index contributed by atoms with van der Waals surface area (Å²) in [5.41, 5.74) is 0. The van der Waals surface area contributed by atoms with Crippen LogP contribution >= 0.6 is 0 Å². The molecule has 0 aromatic rings. The largest absolute Gasteiger partial charge is 1.00 e. The summed E-state index contributed by atoms with van der Waals surface area (Å²) in [6, 6.07) is 0. The molecular formula is C22H44FNaO5S. The topological polar surface area (TPSA) is 83.5 Å². The third kappa shape index (κ3) is 33.0. The van der Waals surface area contributed by atoms with Gasteiger partial charge in [-0.25, -0.2) is 0 Å². The minimum Gasteiger partial charge on any atom is -0.550 e. The number of carbonyl (C=O) groups excluding carboxylic acids is 1. The Morgan fingerprint density at radius 2 is 1.03 bits per heavy atom. The van der Waals surface area contributed by atoms with E-state index in [0.717, 1.165) is 12.8 Å². The molecule has 0 N–H and O–H groups in total. The van der Waals surface area contributed by atoms with Crippen molar-refractivity contribution in [2.24, 2.45) is 0 Å². The summed E-state index contributed by atoms with van der Waals surface area (Å²) in [4.78, 5) is 10.2. The van der Waals surface area contributed by atoms with Crippen molar-refractivity contribution in [1.82, 2.24) is 0 Å². The smallest absolute Gasteiger partial charge is 0.550 e. The average Bonchev–Trinajstić information content (AvgIpc) is 2.69. The SMILES string of the molecule is CCCCCCCCCCCCCCCCCC(=O)[O-].CCCCS(=O)(=O)OF.[Na+]. The van der Waals surface area contributed by atoms with Crippen LogP contribution in [0.2, 0.25) is 0 Å². The van der Waals surface area contributed by atoms with Crippen LogP contribution in [-0.4, -0.2) is 20.1 Å². The van der Waals surface area contributed by atoms with Crippen LogP contribution in [0.1, 0.15) is 129 Å². The third-order valence-electron chi connectivity index (χ3n) is 4.83. The van der Waals surface area contributed by atoms with Crippen LogP contribution in [0, 0.1) is 0 Å². The van der Waals surface area contributed by atoms with Crippen molar-refractivity contribution in [3.8, 4) is 0 Å². The Balaban J connectivity index is -0.000000616. The van der Waals surface area contributed by atoms with Crippen LogP contribution in [0.5, 0.6) is 0 Å². The fraction of sp³-hybridized carbons (Fsp3) is 0.955.